The van der Waals surface area contributed by atoms with Crippen molar-refractivity contribution in [3.63, 3.8) is 0 Å². The van der Waals surface area contributed by atoms with Crippen LogP contribution in [0.2, 0.25) is 0 Å². The molecule has 0 radical (unpaired) electrons. The molecule has 88 valence electrons. The predicted octanol–water partition coefficient (Wildman–Crippen LogP) is 1.11. The highest BCUT2D eigenvalue weighted by molar-refractivity contribution is 5.78. The van der Waals surface area contributed by atoms with Gasteiger partial charge in [0.05, 0.1) is 6.04 Å². The number of aromatic nitrogens is 1. The first-order valence-corrected chi connectivity index (χ1v) is 5.50. The Morgan fingerprint density at radius 1 is 1.50 bits per heavy atom. The molecular weight excluding hydrogens is 202 g/mol. The van der Waals surface area contributed by atoms with E-state index in [1.807, 2.05) is 33.0 Å². The van der Waals surface area contributed by atoms with Crippen LogP contribution in [0.3, 0.4) is 0 Å². The van der Waals surface area contributed by atoms with Crippen molar-refractivity contribution >= 4 is 5.91 Å². The smallest absolute Gasteiger partial charge is 0.224 e. The molecule has 1 amide bonds. The second kappa shape index (κ2) is 6.23. The molecule has 2 unspecified atom stereocenters. The van der Waals surface area contributed by atoms with Gasteiger partial charge in [-0.2, -0.15) is 0 Å². The average Bonchev–Trinajstić information content (AvgIpc) is 2.30. The average molecular weight is 221 g/mol. The van der Waals surface area contributed by atoms with Gasteiger partial charge in [0.1, 0.15) is 0 Å². The van der Waals surface area contributed by atoms with Crippen molar-refractivity contribution in [2.24, 2.45) is 5.92 Å². The van der Waals surface area contributed by atoms with Crippen LogP contribution < -0.4 is 10.6 Å². The lowest BCUT2D eigenvalue weighted by Crippen LogP contribution is -2.35. The standard InChI is InChI=1S/C12H19N3O/c1-9(7-13-3)12(16)15-10(2)11-5-4-6-14-8-11/h4-6,8-10,13H,7H2,1-3H3,(H,15,16). The second-order valence-electron chi connectivity index (χ2n) is 3.98. The third-order valence-electron chi connectivity index (χ3n) is 2.50. The Kier molecular flexibility index (Phi) is 4.92. The van der Waals surface area contributed by atoms with Gasteiger partial charge in [0.2, 0.25) is 5.91 Å². The van der Waals surface area contributed by atoms with Gasteiger partial charge in [-0.1, -0.05) is 13.0 Å². The van der Waals surface area contributed by atoms with Gasteiger partial charge in [0.25, 0.3) is 0 Å². The van der Waals surface area contributed by atoms with Crippen LogP contribution in [0.25, 0.3) is 0 Å². The van der Waals surface area contributed by atoms with Gasteiger partial charge in [0, 0.05) is 24.9 Å². The van der Waals surface area contributed by atoms with Crippen LogP contribution in [0.1, 0.15) is 25.5 Å². The molecule has 0 spiro atoms. The van der Waals surface area contributed by atoms with Crippen LogP contribution >= 0.6 is 0 Å². The number of amides is 1. The third kappa shape index (κ3) is 3.62. The lowest BCUT2D eigenvalue weighted by atomic mass is 10.1. The Morgan fingerprint density at radius 3 is 2.81 bits per heavy atom. The van der Waals surface area contributed by atoms with Crippen molar-refractivity contribution in [2.75, 3.05) is 13.6 Å². The van der Waals surface area contributed by atoms with Crippen LogP contribution in [0, 0.1) is 5.92 Å². The summed E-state index contributed by atoms with van der Waals surface area (Å²) >= 11 is 0. The minimum absolute atomic E-state index is 0.000469. The number of nitrogens with zero attached hydrogens (tertiary/aromatic N) is 1. The highest BCUT2D eigenvalue weighted by Crippen LogP contribution is 2.10. The molecule has 0 saturated heterocycles. The quantitative estimate of drug-likeness (QED) is 0.783. The Bertz CT molecular complexity index is 326. The molecule has 2 N–H and O–H groups in total. The zero-order valence-electron chi connectivity index (χ0n) is 10.0. The maximum atomic E-state index is 11.7. The summed E-state index contributed by atoms with van der Waals surface area (Å²) in [6.45, 7) is 4.55. The Labute approximate surface area is 96.5 Å². The minimum atomic E-state index is -0.0240. The number of carbonyl (C=O) groups excluding carboxylic acids is 1. The molecule has 16 heavy (non-hydrogen) atoms. The summed E-state index contributed by atoms with van der Waals surface area (Å²) < 4.78 is 0. The maximum absolute atomic E-state index is 11.7. The van der Waals surface area contributed by atoms with E-state index in [9.17, 15) is 4.79 Å². The lowest BCUT2D eigenvalue weighted by Gasteiger charge is -2.17. The molecule has 0 aliphatic carbocycles. The molecule has 0 aliphatic rings. The van der Waals surface area contributed by atoms with E-state index < -0.39 is 0 Å². The van der Waals surface area contributed by atoms with Crippen LogP contribution in [0.15, 0.2) is 24.5 Å². The number of pyridine rings is 1. The van der Waals surface area contributed by atoms with Gasteiger partial charge in [0.15, 0.2) is 0 Å². The first-order valence-electron chi connectivity index (χ1n) is 5.50. The van der Waals surface area contributed by atoms with Crippen molar-refractivity contribution < 1.29 is 4.79 Å². The summed E-state index contributed by atoms with van der Waals surface area (Å²) in [5.74, 6) is 0.0369. The Balaban J connectivity index is 2.51. The molecule has 1 heterocycles. The molecule has 1 aromatic heterocycles. The van der Waals surface area contributed by atoms with Crippen molar-refractivity contribution in [2.45, 2.75) is 19.9 Å². The summed E-state index contributed by atoms with van der Waals surface area (Å²) in [7, 11) is 1.84. The van der Waals surface area contributed by atoms with Crippen LogP contribution in [0.4, 0.5) is 0 Å². The molecule has 4 nitrogen and oxygen atoms in total. The highest BCUT2D eigenvalue weighted by Gasteiger charge is 2.15. The molecule has 4 heteroatoms. The Morgan fingerprint density at radius 2 is 2.25 bits per heavy atom. The molecular formula is C12H19N3O. The zero-order chi connectivity index (χ0) is 12.0. The topological polar surface area (TPSA) is 54.0 Å². The number of rotatable bonds is 5. The summed E-state index contributed by atoms with van der Waals surface area (Å²) in [4.78, 5) is 15.8. The maximum Gasteiger partial charge on any atom is 0.224 e. The van der Waals surface area contributed by atoms with E-state index in [1.54, 1.807) is 12.4 Å². The number of nitrogens with one attached hydrogen (secondary N) is 2. The fourth-order valence-corrected chi connectivity index (χ4v) is 1.47. The number of hydrogen-bond donors (Lipinski definition) is 2. The summed E-state index contributed by atoms with van der Waals surface area (Å²) in [6.07, 6.45) is 3.50. The van der Waals surface area contributed by atoms with Crippen molar-refractivity contribution in [3.8, 4) is 0 Å². The van der Waals surface area contributed by atoms with Gasteiger partial charge in [-0.3, -0.25) is 9.78 Å². The van der Waals surface area contributed by atoms with E-state index in [1.165, 1.54) is 0 Å². The van der Waals surface area contributed by atoms with E-state index in [2.05, 4.69) is 15.6 Å². The van der Waals surface area contributed by atoms with Crippen LogP contribution in [-0.2, 0) is 4.79 Å². The SMILES string of the molecule is CNCC(C)C(=O)NC(C)c1cccnc1. The van der Waals surface area contributed by atoms with Gasteiger partial charge >= 0.3 is 0 Å². The molecule has 0 fully saturated rings. The van der Waals surface area contributed by atoms with Crippen molar-refractivity contribution in [3.05, 3.63) is 30.1 Å². The minimum Gasteiger partial charge on any atom is -0.349 e. The van der Waals surface area contributed by atoms with Gasteiger partial charge in [-0.15, -0.1) is 0 Å². The Hall–Kier alpha value is -1.42. The molecule has 0 aliphatic heterocycles. The van der Waals surface area contributed by atoms with Crippen LogP contribution in [-0.4, -0.2) is 24.5 Å². The largest absolute Gasteiger partial charge is 0.349 e. The molecule has 0 saturated carbocycles. The van der Waals surface area contributed by atoms with E-state index in [0.29, 0.717) is 6.54 Å². The predicted molar refractivity (Wildman–Crippen MR) is 63.9 cm³/mol. The molecule has 0 bridgehead atoms. The van der Waals surface area contributed by atoms with Crippen molar-refractivity contribution in [1.82, 2.24) is 15.6 Å². The summed E-state index contributed by atoms with van der Waals surface area (Å²) in [6, 6.07) is 3.83. The number of hydrogen-bond acceptors (Lipinski definition) is 3. The van der Waals surface area contributed by atoms with Gasteiger partial charge in [-0.05, 0) is 25.6 Å². The molecule has 2 atom stereocenters. The molecule has 0 aromatic carbocycles. The van der Waals surface area contributed by atoms with Crippen molar-refractivity contribution in [1.29, 1.82) is 0 Å². The van der Waals surface area contributed by atoms with Gasteiger partial charge in [-0.25, -0.2) is 0 Å². The van der Waals surface area contributed by atoms with E-state index in [4.69, 9.17) is 0 Å². The third-order valence-corrected chi connectivity index (χ3v) is 2.50. The van der Waals surface area contributed by atoms with Crippen LogP contribution in [0.5, 0.6) is 0 Å². The molecule has 1 aromatic rings. The summed E-state index contributed by atoms with van der Waals surface area (Å²) in [5.41, 5.74) is 1.02. The normalized spacial score (nSPS) is 14.2. The lowest BCUT2D eigenvalue weighted by molar-refractivity contribution is -0.125. The van der Waals surface area contributed by atoms with Gasteiger partial charge < -0.3 is 10.6 Å². The van der Waals surface area contributed by atoms with E-state index in [0.717, 1.165) is 5.56 Å². The highest BCUT2D eigenvalue weighted by atomic mass is 16.1. The first-order chi connectivity index (χ1) is 7.65. The first kappa shape index (κ1) is 12.6. The van der Waals surface area contributed by atoms with E-state index in [-0.39, 0.29) is 17.9 Å². The monoisotopic (exact) mass is 221 g/mol. The summed E-state index contributed by atoms with van der Waals surface area (Å²) in [5, 5.41) is 5.95. The van der Waals surface area contributed by atoms with E-state index >= 15 is 0 Å². The second-order valence-corrected chi connectivity index (χ2v) is 3.98. The molecule has 1 rings (SSSR count). The number of carbonyl (C=O) groups is 1. The fourth-order valence-electron chi connectivity index (χ4n) is 1.47. The zero-order valence-corrected chi connectivity index (χ0v) is 10.0. The fraction of sp³-hybridized carbons (Fsp3) is 0.500.